The number of halogens is 2. The van der Waals surface area contributed by atoms with Gasteiger partial charge in [0.2, 0.25) is 0 Å². The molecule has 0 aromatic heterocycles. The molecule has 0 heterocycles. The minimum Gasteiger partial charge on any atom is -0.495 e. The Bertz CT molecular complexity index is 411. The van der Waals surface area contributed by atoms with Crippen LogP contribution >= 0.6 is 27.5 Å². The summed E-state index contributed by atoms with van der Waals surface area (Å²) < 4.78 is 6.45. The van der Waals surface area contributed by atoms with Crippen molar-refractivity contribution in [3.05, 3.63) is 27.2 Å². The molecule has 1 aromatic rings. The van der Waals surface area contributed by atoms with E-state index in [0.29, 0.717) is 5.92 Å². The molecule has 4 heteroatoms. The zero-order valence-electron chi connectivity index (χ0n) is 12.1. The van der Waals surface area contributed by atoms with E-state index < -0.39 is 0 Å². The first-order valence-corrected chi connectivity index (χ1v) is 7.98. The number of hydrogen-bond donors (Lipinski definition) is 1. The maximum atomic E-state index is 6.19. The van der Waals surface area contributed by atoms with Gasteiger partial charge in [-0.25, -0.2) is 0 Å². The van der Waals surface area contributed by atoms with Crippen molar-refractivity contribution in [1.29, 1.82) is 0 Å². The second-order valence-electron chi connectivity index (χ2n) is 4.81. The Morgan fingerprint density at radius 1 is 1.37 bits per heavy atom. The Kier molecular flexibility index (Phi) is 7.19. The van der Waals surface area contributed by atoms with Gasteiger partial charge in [-0.2, -0.15) is 0 Å². The SMILES string of the molecule is CCCC(C)C(NCC)c1cc(Cl)cc(Br)c1OC. The van der Waals surface area contributed by atoms with Gasteiger partial charge in [0.15, 0.2) is 0 Å². The van der Waals surface area contributed by atoms with Gasteiger partial charge in [-0.1, -0.05) is 38.8 Å². The van der Waals surface area contributed by atoms with E-state index in [1.165, 1.54) is 12.8 Å². The average molecular weight is 349 g/mol. The van der Waals surface area contributed by atoms with Crippen LogP contribution in [-0.4, -0.2) is 13.7 Å². The molecular formula is C15H23BrClNO. The van der Waals surface area contributed by atoms with Crippen molar-refractivity contribution in [2.75, 3.05) is 13.7 Å². The van der Waals surface area contributed by atoms with Crippen molar-refractivity contribution in [2.24, 2.45) is 5.92 Å². The Hall–Kier alpha value is -0.250. The first kappa shape index (κ1) is 16.8. The molecular weight excluding hydrogens is 326 g/mol. The first-order valence-electron chi connectivity index (χ1n) is 6.81. The molecule has 2 unspecified atom stereocenters. The summed E-state index contributed by atoms with van der Waals surface area (Å²) in [7, 11) is 1.70. The highest BCUT2D eigenvalue weighted by molar-refractivity contribution is 9.10. The fraction of sp³-hybridized carbons (Fsp3) is 0.600. The van der Waals surface area contributed by atoms with Gasteiger partial charge in [-0.05, 0) is 46.9 Å². The van der Waals surface area contributed by atoms with E-state index in [0.717, 1.165) is 27.4 Å². The van der Waals surface area contributed by atoms with Crippen LogP contribution < -0.4 is 10.1 Å². The summed E-state index contributed by atoms with van der Waals surface area (Å²) in [5, 5.41) is 4.28. The molecule has 2 atom stereocenters. The van der Waals surface area contributed by atoms with Crippen LogP contribution in [0.4, 0.5) is 0 Å². The third-order valence-corrected chi connectivity index (χ3v) is 4.12. The molecule has 1 rings (SSSR count). The fourth-order valence-electron chi connectivity index (χ4n) is 2.49. The lowest BCUT2D eigenvalue weighted by Gasteiger charge is -2.27. The Balaban J connectivity index is 3.20. The molecule has 0 aliphatic carbocycles. The van der Waals surface area contributed by atoms with Crippen molar-refractivity contribution >= 4 is 27.5 Å². The average Bonchev–Trinajstić information content (AvgIpc) is 2.35. The summed E-state index contributed by atoms with van der Waals surface area (Å²) in [5.74, 6) is 1.41. The van der Waals surface area contributed by atoms with E-state index in [-0.39, 0.29) is 6.04 Å². The molecule has 0 saturated carbocycles. The number of nitrogens with one attached hydrogen (secondary N) is 1. The number of rotatable bonds is 7. The minimum atomic E-state index is 0.259. The fourth-order valence-corrected chi connectivity index (χ4v) is 3.48. The molecule has 0 radical (unpaired) electrons. The second kappa shape index (κ2) is 8.13. The lowest BCUT2D eigenvalue weighted by Crippen LogP contribution is -2.27. The Morgan fingerprint density at radius 2 is 2.05 bits per heavy atom. The van der Waals surface area contributed by atoms with Crippen molar-refractivity contribution in [2.45, 2.75) is 39.7 Å². The molecule has 1 N–H and O–H groups in total. The van der Waals surface area contributed by atoms with Gasteiger partial charge in [-0.15, -0.1) is 0 Å². The summed E-state index contributed by atoms with van der Waals surface area (Å²) in [5.41, 5.74) is 1.13. The molecule has 0 spiro atoms. The lowest BCUT2D eigenvalue weighted by atomic mass is 9.90. The molecule has 2 nitrogen and oxygen atoms in total. The van der Waals surface area contributed by atoms with E-state index >= 15 is 0 Å². The van der Waals surface area contributed by atoms with E-state index in [1.807, 2.05) is 12.1 Å². The largest absolute Gasteiger partial charge is 0.495 e. The highest BCUT2D eigenvalue weighted by Gasteiger charge is 2.23. The predicted octanol–water partition coefficient (Wildman–Crippen LogP) is 5.20. The summed E-state index contributed by atoms with van der Waals surface area (Å²) >= 11 is 9.72. The summed E-state index contributed by atoms with van der Waals surface area (Å²) in [4.78, 5) is 0. The Morgan fingerprint density at radius 3 is 2.58 bits per heavy atom. The minimum absolute atomic E-state index is 0.259. The zero-order chi connectivity index (χ0) is 14.4. The van der Waals surface area contributed by atoms with Crippen LogP contribution in [0.15, 0.2) is 16.6 Å². The van der Waals surface area contributed by atoms with Crippen LogP contribution in [0.2, 0.25) is 5.02 Å². The highest BCUT2D eigenvalue weighted by Crippen LogP contribution is 2.39. The highest BCUT2D eigenvalue weighted by atomic mass is 79.9. The normalized spacial score (nSPS) is 14.2. The molecule has 0 bridgehead atoms. The molecule has 0 saturated heterocycles. The summed E-state index contributed by atoms with van der Waals surface area (Å²) in [6.45, 7) is 7.53. The summed E-state index contributed by atoms with van der Waals surface area (Å²) in [6, 6.07) is 4.14. The standard InChI is InChI=1S/C15H23BrClNO/c1-5-7-10(3)14(18-6-2)12-8-11(17)9-13(16)15(12)19-4/h8-10,14,18H,5-7H2,1-4H3. The van der Waals surface area contributed by atoms with Gasteiger partial charge in [0.1, 0.15) is 5.75 Å². The van der Waals surface area contributed by atoms with Crippen molar-refractivity contribution in [1.82, 2.24) is 5.32 Å². The van der Waals surface area contributed by atoms with E-state index in [1.54, 1.807) is 7.11 Å². The monoisotopic (exact) mass is 347 g/mol. The van der Waals surface area contributed by atoms with Gasteiger partial charge in [0.25, 0.3) is 0 Å². The molecule has 0 aliphatic heterocycles. The molecule has 108 valence electrons. The number of ether oxygens (including phenoxy) is 1. The Labute approximate surface area is 130 Å². The third-order valence-electron chi connectivity index (χ3n) is 3.31. The van der Waals surface area contributed by atoms with E-state index in [9.17, 15) is 0 Å². The molecule has 0 fully saturated rings. The van der Waals surface area contributed by atoms with Crippen LogP contribution in [-0.2, 0) is 0 Å². The molecule has 19 heavy (non-hydrogen) atoms. The van der Waals surface area contributed by atoms with E-state index in [4.69, 9.17) is 16.3 Å². The number of benzene rings is 1. The zero-order valence-corrected chi connectivity index (χ0v) is 14.4. The smallest absolute Gasteiger partial charge is 0.137 e. The molecule has 0 amide bonds. The topological polar surface area (TPSA) is 21.3 Å². The first-order chi connectivity index (χ1) is 9.04. The predicted molar refractivity (Wildman–Crippen MR) is 86.2 cm³/mol. The quantitative estimate of drug-likeness (QED) is 0.731. The van der Waals surface area contributed by atoms with Crippen molar-refractivity contribution in [3.8, 4) is 5.75 Å². The summed E-state index contributed by atoms with van der Waals surface area (Å²) in [6.07, 6.45) is 2.35. The maximum Gasteiger partial charge on any atom is 0.137 e. The third kappa shape index (κ3) is 4.37. The number of hydrogen-bond acceptors (Lipinski definition) is 2. The van der Waals surface area contributed by atoms with Crippen LogP contribution in [0.25, 0.3) is 0 Å². The van der Waals surface area contributed by atoms with Crippen LogP contribution in [0.1, 0.15) is 45.2 Å². The van der Waals surface area contributed by atoms with Gasteiger partial charge in [0.05, 0.1) is 11.6 Å². The molecule has 0 aliphatic rings. The van der Waals surface area contributed by atoms with Gasteiger partial charge in [-0.3, -0.25) is 0 Å². The van der Waals surface area contributed by atoms with E-state index in [2.05, 4.69) is 42.0 Å². The lowest BCUT2D eigenvalue weighted by molar-refractivity contribution is 0.345. The maximum absolute atomic E-state index is 6.19. The van der Waals surface area contributed by atoms with Gasteiger partial charge < -0.3 is 10.1 Å². The second-order valence-corrected chi connectivity index (χ2v) is 6.10. The van der Waals surface area contributed by atoms with Crippen molar-refractivity contribution < 1.29 is 4.74 Å². The van der Waals surface area contributed by atoms with Crippen LogP contribution in [0.5, 0.6) is 5.75 Å². The van der Waals surface area contributed by atoms with Crippen LogP contribution in [0, 0.1) is 5.92 Å². The molecule has 1 aromatic carbocycles. The number of methoxy groups -OCH3 is 1. The van der Waals surface area contributed by atoms with Crippen LogP contribution in [0.3, 0.4) is 0 Å². The van der Waals surface area contributed by atoms with Crippen molar-refractivity contribution in [3.63, 3.8) is 0 Å². The van der Waals surface area contributed by atoms with Gasteiger partial charge >= 0.3 is 0 Å². The van der Waals surface area contributed by atoms with Gasteiger partial charge in [0, 0.05) is 16.6 Å².